The maximum atomic E-state index is 12.8. The molecule has 9 heteroatoms. The number of quaternary nitrogens is 1. The molecule has 39 heavy (non-hydrogen) atoms. The highest BCUT2D eigenvalue weighted by Gasteiger charge is 2.37. The second kappa shape index (κ2) is 11.7. The third-order valence-electron chi connectivity index (χ3n) is 7.04. The van der Waals surface area contributed by atoms with Gasteiger partial charge >= 0.3 is 12.3 Å². The number of carbonyl (C=O) groups is 2. The zero-order valence-corrected chi connectivity index (χ0v) is 22.0. The van der Waals surface area contributed by atoms with Crippen molar-refractivity contribution in [3.8, 4) is 5.75 Å². The second-order valence-corrected chi connectivity index (χ2v) is 9.97. The molecule has 1 fully saturated rings. The van der Waals surface area contributed by atoms with Gasteiger partial charge in [0, 0.05) is 36.6 Å². The van der Waals surface area contributed by atoms with E-state index in [-0.39, 0.29) is 17.0 Å². The highest BCUT2D eigenvalue weighted by molar-refractivity contribution is 6.05. The van der Waals surface area contributed by atoms with Crippen LogP contribution in [0.4, 0.5) is 17.3 Å². The minimum absolute atomic E-state index is 0.0135. The molecule has 202 valence electrons. The highest BCUT2D eigenvalue weighted by Crippen LogP contribution is 2.30. The number of carbonyl (C=O) groups excluding carboxylic acids is 2. The lowest BCUT2D eigenvalue weighted by Gasteiger charge is -2.37. The normalized spacial score (nSPS) is 17.4. The van der Waals surface area contributed by atoms with Crippen molar-refractivity contribution in [3.05, 3.63) is 84.4 Å². The van der Waals surface area contributed by atoms with E-state index in [2.05, 4.69) is 22.5 Å². The predicted molar refractivity (Wildman–Crippen MR) is 154 cm³/mol. The molecule has 1 aliphatic rings. The lowest BCUT2D eigenvalue weighted by molar-refractivity contribution is -0.120. The number of hydrogen-bond acceptors (Lipinski definition) is 7. The van der Waals surface area contributed by atoms with E-state index in [0.717, 1.165) is 37.0 Å². The van der Waals surface area contributed by atoms with Gasteiger partial charge in [-0.1, -0.05) is 30.3 Å². The average molecular weight is 529 g/mol. The molecule has 5 rings (SSSR count). The topological polar surface area (TPSA) is 110 Å². The van der Waals surface area contributed by atoms with Crippen molar-refractivity contribution in [2.75, 3.05) is 50.5 Å². The summed E-state index contributed by atoms with van der Waals surface area (Å²) in [5.41, 5.74) is 8.23. The molecule has 2 unspecified atom stereocenters. The number of para-hydroxylation sites is 3. The number of anilines is 2. The number of benzene rings is 3. The van der Waals surface area contributed by atoms with Gasteiger partial charge in [0.1, 0.15) is 31.2 Å². The third-order valence-corrected chi connectivity index (χ3v) is 7.04. The highest BCUT2D eigenvalue weighted by atomic mass is 16.5. The van der Waals surface area contributed by atoms with E-state index in [1.807, 2.05) is 42.5 Å². The van der Waals surface area contributed by atoms with E-state index in [9.17, 15) is 9.59 Å². The Morgan fingerprint density at radius 1 is 1.15 bits per heavy atom. The standard InChI is InChI=1S/C30H33N5O4/c1-22-19-34(15-14-32-22)20-35(21-36,29-18-24-6-2-5-9-28(24)39-29)16-17-38-25-12-10-23(11-13-25)30(37)33-27-8-4-3-7-26(27)31/h2-13,18,21-22,32H,14-17,19-20,31H2,1H3/p+1. The molecule has 3 aromatic carbocycles. The van der Waals surface area contributed by atoms with Crippen LogP contribution in [0.25, 0.3) is 11.0 Å². The van der Waals surface area contributed by atoms with Crippen molar-refractivity contribution in [1.82, 2.24) is 14.7 Å². The molecule has 0 radical (unpaired) electrons. The molecule has 1 aromatic heterocycles. The van der Waals surface area contributed by atoms with Gasteiger partial charge in [-0.3, -0.25) is 9.69 Å². The Kier molecular flexibility index (Phi) is 7.92. The number of rotatable bonds is 10. The molecule has 0 aliphatic carbocycles. The smallest absolute Gasteiger partial charge is 0.310 e. The first-order valence-corrected chi connectivity index (χ1v) is 13.1. The predicted octanol–water partition coefficient (Wildman–Crippen LogP) is 4.06. The van der Waals surface area contributed by atoms with Crippen molar-refractivity contribution in [2.45, 2.75) is 13.0 Å². The zero-order valence-electron chi connectivity index (χ0n) is 22.0. The van der Waals surface area contributed by atoms with Crippen LogP contribution in [0.15, 0.2) is 83.3 Å². The number of nitrogens with two attached hydrogens (primary N) is 1. The van der Waals surface area contributed by atoms with Gasteiger partial charge in [-0.25, -0.2) is 4.79 Å². The SMILES string of the molecule is CC1CN(C[N+](C=O)(CCOc2ccc(C(=O)Nc3ccccc3N)cc2)c2cc3ccccc3o2)CCN1. The van der Waals surface area contributed by atoms with Crippen molar-refractivity contribution in [3.63, 3.8) is 0 Å². The Hall–Kier alpha value is -4.18. The van der Waals surface area contributed by atoms with Crippen LogP contribution in [0.2, 0.25) is 0 Å². The molecule has 1 saturated heterocycles. The first kappa shape index (κ1) is 26.4. The summed E-state index contributed by atoms with van der Waals surface area (Å²) >= 11 is 0. The molecular formula is C30H34N5O4+. The fraction of sp³-hybridized carbons (Fsp3) is 0.267. The second-order valence-electron chi connectivity index (χ2n) is 9.97. The van der Waals surface area contributed by atoms with E-state index in [0.29, 0.717) is 47.8 Å². The van der Waals surface area contributed by atoms with Crippen LogP contribution in [0.5, 0.6) is 5.75 Å². The molecule has 0 saturated carbocycles. The fourth-order valence-corrected chi connectivity index (χ4v) is 4.91. The lowest BCUT2D eigenvalue weighted by atomic mass is 10.2. The van der Waals surface area contributed by atoms with E-state index < -0.39 is 0 Å². The Bertz CT molecular complexity index is 1400. The Balaban J connectivity index is 1.28. The first-order valence-electron chi connectivity index (χ1n) is 13.1. The maximum Gasteiger partial charge on any atom is 0.310 e. The number of fused-ring (bicyclic) bond motifs is 1. The van der Waals surface area contributed by atoms with Crippen LogP contribution in [0.3, 0.4) is 0 Å². The average Bonchev–Trinajstić information content (AvgIpc) is 3.39. The van der Waals surface area contributed by atoms with Crippen LogP contribution >= 0.6 is 0 Å². The summed E-state index contributed by atoms with van der Waals surface area (Å²) < 4.78 is 12.2. The van der Waals surface area contributed by atoms with Gasteiger partial charge in [0.25, 0.3) is 5.91 Å². The van der Waals surface area contributed by atoms with Crippen molar-refractivity contribution in [1.29, 1.82) is 0 Å². The number of piperazine rings is 1. The number of hydrogen-bond donors (Lipinski definition) is 3. The maximum absolute atomic E-state index is 12.8. The van der Waals surface area contributed by atoms with E-state index in [1.165, 1.54) is 0 Å². The minimum atomic E-state index is -0.258. The summed E-state index contributed by atoms with van der Waals surface area (Å²) in [5.74, 6) is 0.939. The summed E-state index contributed by atoms with van der Waals surface area (Å²) in [5, 5.41) is 7.23. The van der Waals surface area contributed by atoms with Gasteiger partial charge in [0.15, 0.2) is 0 Å². The Morgan fingerprint density at radius 3 is 2.67 bits per heavy atom. The molecule has 2 atom stereocenters. The van der Waals surface area contributed by atoms with E-state index in [4.69, 9.17) is 14.9 Å². The third kappa shape index (κ3) is 6.12. The molecule has 0 spiro atoms. The van der Waals surface area contributed by atoms with E-state index >= 15 is 0 Å². The number of furan rings is 1. The van der Waals surface area contributed by atoms with Gasteiger partial charge in [0.2, 0.25) is 0 Å². The number of nitrogen functional groups attached to an aromatic ring is 1. The van der Waals surface area contributed by atoms with Gasteiger partial charge in [0.05, 0.1) is 17.4 Å². The molecule has 2 amide bonds. The van der Waals surface area contributed by atoms with Gasteiger partial charge < -0.3 is 25.5 Å². The lowest BCUT2D eigenvalue weighted by Crippen LogP contribution is -2.60. The molecule has 4 N–H and O–H groups in total. The first-order chi connectivity index (χ1) is 19.0. The summed E-state index contributed by atoms with van der Waals surface area (Å²) in [4.78, 5) is 27.7. The van der Waals surface area contributed by atoms with Gasteiger partial charge in [-0.05, 0) is 49.4 Å². The van der Waals surface area contributed by atoms with Crippen LogP contribution < -0.4 is 25.6 Å². The minimum Gasteiger partial charge on any atom is -0.488 e. The number of amides is 2. The summed E-state index contributed by atoms with van der Waals surface area (Å²) in [6, 6.07) is 24.1. The molecule has 9 nitrogen and oxygen atoms in total. The summed E-state index contributed by atoms with van der Waals surface area (Å²) in [6.45, 7) is 5.85. The molecular weight excluding hydrogens is 494 g/mol. The van der Waals surface area contributed by atoms with Gasteiger partial charge in [-0.2, -0.15) is 4.48 Å². The number of ether oxygens (including phenoxy) is 1. The summed E-state index contributed by atoms with van der Waals surface area (Å²) in [7, 11) is 0. The molecule has 4 aromatic rings. The monoisotopic (exact) mass is 528 g/mol. The van der Waals surface area contributed by atoms with Crippen LogP contribution in [0.1, 0.15) is 17.3 Å². The Labute approximate surface area is 227 Å². The van der Waals surface area contributed by atoms with Crippen LogP contribution in [-0.4, -0.2) is 62.7 Å². The van der Waals surface area contributed by atoms with Crippen molar-refractivity contribution >= 4 is 40.5 Å². The van der Waals surface area contributed by atoms with Gasteiger partial charge in [-0.15, -0.1) is 0 Å². The molecule has 0 bridgehead atoms. The van der Waals surface area contributed by atoms with Crippen molar-refractivity contribution in [2.24, 2.45) is 0 Å². The van der Waals surface area contributed by atoms with Crippen LogP contribution in [-0.2, 0) is 4.79 Å². The van der Waals surface area contributed by atoms with Crippen molar-refractivity contribution < 1.29 is 18.7 Å². The number of nitrogens with one attached hydrogen (secondary N) is 2. The van der Waals surface area contributed by atoms with Crippen LogP contribution in [0, 0.1) is 0 Å². The molecule has 1 aliphatic heterocycles. The largest absolute Gasteiger partial charge is 0.488 e. The van der Waals surface area contributed by atoms with E-state index in [1.54, 1.807) is 36.4 Å². The zero-order chi connectivity index (χ0) is 27.2. The Morgan fingerprint density at radius 2 is 1.92 bits per heavy atom. The quantitative estimate of drug-likeness (QED) is 0.162. The summed E-state index contributed by atoms with van der Waals surface area (Å²) in [6.07, 6.45) is 0.955. The number of nitrogens with zero attached hydrogens (tertiary/aromatic N) is 2. The fourth-order valence-electron chi connectivity index (χ4n) is 4.91. The molecule has 2 heterocycles.